The maximum absolute atomic E-state index is 12.3. The smallest absolute Gasteiger partial charge is 0.253 e. The fourth-order valence-electron chi connectivity index (χ4n) is 4.13. The van der Waals surface area contributed by atoms with Crippen LogP contribution in [0, 0.1) is 0 Å². The molecule has 0 amide bonds. The molecule has 4 N–H and O–H groups in total. The van der Waals surface area contributed by atoms with Crippen molar-refractivity contribution in [3.05, 3.63) is 68.5 Å². The maximum atomic E-state index is 12.3. The van der Waals surface area contributed by atoms with E-state index >= 15 is 0 Å². The van der Waals surface area contributed by atoms with Crippen molar-refractivity contribution in [3.8, 4) is 5.75 Å². The zero-order valence-corrected chi connectivity index (χ0v) is 17.1. The number of aromatic amines is 1. The van der Waals surface area contributed by atoms with Gasteiger partial charge in [0.05, 0.1) is 5.52 Å². The van der Waals surface area contributed by atoms with Gasteiger partial charge in [0.15, 0.2) is 5.82 Å². The Morgan fingerprint density at radius 2 is 1.84 bits per heavy atom. The number of benzene rings is 2. The minimum atomic E-state index is -0.545. The van der Waals surface area contributed by atoms with Gasteiger partial charge < -0.3 is 20.6 Å². The molecule has 158 valence electrons. The Balaban J connectivity index is 1.41. The number of nitrogens with zero attached hydrogens (tertiary/aromatic N) is 2. The minimum Gasteiger partial charge on any atom is -0.508 e. The Hall–Kier alpha value is -3.81. The van der Waals surface area contributed by atoms with Crippen molar-refractivity contribution in [2.24, 2.45) is 0 Å². The first-order valence-corrected chi connectivity index (χ1v) is 10.4. The van der Waals surface area contributed by atoms with E-state index in [2.05, 4.69) is 25.7 Å². The van der Waals surface area contributed by atoms with Crippen molar-refractivity contribution in [2.75, 3.05) is 28.6 Å². The molecule has 8 heteroatoms. The summed E-state index contributed by atoms with van der Waals surface area (Å²) in [7, 11) is 0. The molecule has 3 aromatic carbocycles. The number of anilines is 4. The average Bonchev–Trinajstić information content (AvgIpc) is 3.45. The van der Waals surface area contributed by atoms with E-state index in [1.807, 2.05) is 31.2 Å². The van der Waals surface area contributed by atoms with Crippen molar-refractivity contribution < 1.29 is 5.11 Å². The van der Waals surface area contributed by atoms with E-state index in [1.54, 1.807) is 18.2 Å². The first-order valence-electron chi connectivity index (χ1n) is 10.4. The first-order chi connectivity index (χ1) is 15.0. The summed E-state index contributed by atoms with van der Waals surface area (Å²) in [5.41, 5.74) is 1.88. The summed E-state index contributed by atoms with van der Waals surface area (Å²) in [6, 6.07) is 12.3. The van der Waals surface area contributed by atoms with Crippen molar-refractivity contribution >= 4 is 33.8 Å². The monoisotopic (exact) mass is 417 g/mol. The molecule has 2 heterocycles. The number of rotatable bonds is 6. The highest BCUT2D eigenvalue weighted by Crippen LogP contribution is 2.31. The number of phenolic OH excluding ortho intramolecular Hbond substituents is 1. The number of H-pyrrole nitrogens is 1. The molecule has 0 spiro atoms. The molecule has 0 bridgehead atoms. The third-order valence-electron chi connectivity index (χ3n) is 5.86. The lowest BCUT2D eigenvalue weighted by Gasteiger charge is -2.20. The molecule has 1 aliphatic rings. The van der Waals surface area contributed by atoms with Crippen LogP contribution in [-0.2, 0) is 0 Å². The van der Waals surface area contributed by atoms with E-state index in [1.165, 1.54) is 0 Å². The van der Waals surface area contributed by atoms with E-state index in [4.69, 9.17) is 0 Å². The van der Waals surface area contributed by atoms with Gasteiger partial charge in [-0.1, -0.05) is 12.1 Å². The van der Waals surface area contributed by atoms with Crippen molar-refractivity contribution in [1.29, 1.82) is 0 Å². The van der Waals surface area contributed by atoms with Gasteiger partial charge in [-0.15, -0.1) is 0 Å². The quantitative estimate of drug-likeness (QED) is 0.356. The first kappa shape index (κ1) is 19.2. The van der Waals surface area contributed by atoms with E-state index in [-0.39, 0.29) is 23.2 Å². The van der Waals surface area contributed by atoms with Crippen LogP contribution in [0.25, 0.3) is 10.9 Å². The summed E-state index contributed by atoms with van der Waals surface area (Å²) in [6.07, 6.45) is 2.31. The van der Waals surface area contributed by atoms with Gasteiger partial charge in [-0.25, -0.2) is 0 Å². The Morgan fingerprint density at radius 1 is 1.06 bits per heavy atom. The molecular formula is C23H23N5O3. The molecule has 1 saturated heterocycles. The van der Waals surface area contributed by atoms with Crippen LogP contribution in [0.4, 0.5) is 22.9 Å². The molecule has 0 radical (unpaired) electrons. The lowest BCUT2D eigenvalue weighted by Crippen LogP contribution is -2.37. The van der Waals surface area contributed by atoms with Gasteiger partial charge in [-0.2, -0.15) is 5.10 Å². The summed E-state index contributed by atoms with van der Waals surface area (Å²) in [4.78, 5) is 26.7. The van der Waals surface area contributed by atoms with E-state index in [0.717, 1.165) is 53.9 Å². The Labute approximate surface area is 178 Å². The van der Waals surface area contributed by atoms with Crippen LogP contribution >= 0.6 is 0 Å². The predicted octanol–water partition coefficient (Wildman–Crippen LogP) is 3.38. The number of hydrogen-bond acceptors (Lipinski definition) is 7. The van der Waals surface area contributed by atoms with Gasteiger partial charge in [0.25, 0.3) is 10.9 Å². The zero-order chi connectivity index (χ0) is 21.5. The van der Waals surface area contributed by atoms with Crippen LogP contribution < -0.4 is 26.4 Å². The summed E-state index contributed by atoms with van der Waals surface area (Å²) in [6.45, 7) is 3.84. The molecule has 5 rings (SSSR count). The summed E-state index contributed by atoms with van der Waals surface area (Å²) in [5.74, 6) is 1.06. The van der Waals surface area contributed by atoms with E-state index < -0.39 is 10.9 Å². The Kier molecular flexibility index (Phi) is 4.62. The number of fused-ring (bicyclic) bond motifs is 1. The van der Waals surface area contributed by atoms with Gasteiger partial charge in [0.2, 0.25) is 0 Å². The van der Waals surface area contributed by atoms with Gasteiger partial charge in [0.1, 0.15) is 17.1 Å². The standard InChI is InChI=1S/C23H23N5O3/c1-13(14-5-4-6-16(29)11-14)24-19-20(22(31)21(19)30)25-15-7-8-18-17(12-15)23(27-26-18)28-9-2-3-10-28/h4-8,11-13,24-25,29H,2-3,9-10H2,1H3,(H,26,27)/t13-/m1/s1. The van der Waals surface area contributed by atoms with Crippen LogP contribution in [-0.4, -0.2) is 28.4 Å². The fourth-order valence-corrected chi connectivity index (χ4v) is 4.13. The third kappa shape index (κ3) is 3.39. The summed E-state index contributed by atoms with van der Waals surface area (Å²) >= 11 is 0. The second kappa shape index (κ2) is 7.46. The number of hydrogen-bond donors (Lipinski definition) is 4. The molecule has 8 nitrogen and oxygen atoms in total. The third-order valence-corrected chi connectivity index (χ3v) is 5.86. The van der Waals surface area contributed by atoms with E-state index in [9.17, 15) is 14.7 Å². The largest absolute Gasteiger partial charge is 0.508 e. The van der Waals surface area contributed by atoms with Gasteiger partial charge in [-0.3, -0.25) is 14.7 Å². The zero-order valence-electron chi connectivity index (χ0n) is 17.1. The van der Waals surface area contributed by atoms with Crippen molar-refractivity contribution in [1.82, 2.24) is 10.2 Å². The maximum Gasteiger partial charge on any atom is 0.253 e. The highest BCUT2D eigenvalue weighted by Gasteiger charge is 2.24. The Morgan fingerprint density at radius 3 is 2.61 bits per heavy atom. The predicted molar refractivity (Wildman–Crippen MR) is 122 cm³/mol. The molecule has 0 unspecified atom stereocenters. The van der Waals surface area contributed by atoms with Crippen LogP contribution in [0.3, 0.4) is 0 Å². The molecular weight excluding hydrogens is 394 g/mol. The average molecular weight is 417 g/mol. The van der Waals surface area contributed by atoms with Crippen molar-refractivity contribution in [2.45, 2.75) is 25.8 Å². The highest BCUT2D eigenvalue weighted by molar-refractivity contribution is 5.94. The van der Waals surface area contributed by atoms with Gasteiger partial charge >= 0.3 is 0 Å². The molecule has 0 aliphatic carbocycles. The lowest BCUT2D eigenvalue weighted by atomic mass is 10.1. The second-order valence-electron chi connectivity index (χ2n) is 8.00. The molecule has 1 atom stereocenters. The molecule has 4 aromatic rings. The normalized spacial score (nSPS) is 14.9. The fraction of sp³-hybridized carbons (Fsp3) is 0.261. The highest BCUT2D eigenvalue weighted by atomic mass is 16.3. The molecule has 1 aliphatic heterocycles. The number of aromatic nitrogens is 2. The van der Waals surface area contributed by atoms with Crippen LogP contribution in [0.1, 0.15) is 31.4 Å². The molecule has 1 aromatic heterocycles. The van der Waals surface area contributed by atoms with Crippen LogP contribution in [0.2, 0.25) is 0 Å². The molecule has 0 saturated carbocycles. The molecule has 31 heavy (non-hydrogen) atoms. The van der Waals surface area contributed by atoms with Crippen molar-refractivity contribution in [3.63, 3.8) is 0 Å². The van der Waals surface area contributed by atoms with Gasteiger partial charge in [-0.05, 0) is 55.7 Å². The lowest BCUT2D eigenvalue weighted by molar-refractivity contribution is 0.474. The van der Waals surface area contributed by atoms with Crippen LogP contribution in [0.15, 0.2) is 52.1 Å². The minimum absolute atomic E-state index is 0.150. The van der Waals surface area contributed by atoms with Gasteiger partial charge in [0, 0.05) is 30.2 Å². The summed E-state index contributed by atoms with van der Waals surface area (Å²) in [5, 5.41) is 24.4. The Bertz CT molecular complexity index is 1330. The molecule has 1 fully saturated rings. The summed E-state index contributed by atoms with van der Waals surface area (Å²) < 4.78 is 0. The van der Waals surface area contributed by atoms with E-state index in [0.29, 0.717) is 0 Å². The van der Waals surface area contributed by atoms with Crippen LogP contribution in [0.5, 0.6) is 5.75 Å². The SMILES string of the molecule is C[C@@H](Nc1c(Nc2ccc3[nH]nc(N4CCCC4)c3c2)c(=O)c1=O)c1cccc(O)c1. The second-order valence-corrected chi connectivity index (χ2v) is 8.00. The number of phenols is 1. The number of nitrogens with one attached hydrogen (secondary N) is 3. The topological polar surface area (TPSA) is 110 Å². The number of aromatic hydroxyl groups is 1.